The molecule has 1 aliphatic rings. The number of amides is 1. The largest absolute Gasteiger partial charge is 0.311 e. The van der Waals surface area contributed by atoms with Crippen LogP contribution in [0.25, 0.3) is 0 Å². The Morgan fingerprint density at radius 1 is 1.18 bits per heavy atom. The summed E-state index contributed by atoms with van der Waals surface area (Å²) in [7, 11) is 0. The normalized spacial score (nSPS) is 12.8. The Morgan fingerprint density at radius 3 is 2.73 bits per heavy atom. The molecule has 1 aliphatic heterocycles. The maximum absolute atomic E-state index is 12.4. The van der Waals surface area contributed by atoms with Gasteiger partial charge in [0.15, 0.2) is 0 Å². The summed E-state index contributed by atoms with van der Waals surface area (Å²) in [6, 6.07) is 17.7. The van der Waals surface area contributed by atoms with Crippen LogP contribution in [0.2, 0.25) is 0 Å². The summed E-state index contributed by atoms with van der Waals surface area (Å²) < 4.78 is 0. The number of carbonyl (C=O) groups excluding carboxylic acids is 1. The van der Waals surface area contributed by atoms with Crippen molar-refractivity contribution in [3.63, 3.8) is 0 Å². The Bertz CT molecular complexity index is 719. The third-order valence-corrected chi connectivity index (χ3v) is 4.75. The van der Waals surface area contributed by atoms with Crippen LogP contribution in [0.5, 0.6) is 0 Å². The van der Waals surface area contributed by atoms with Gasteiger partial charge in [-0.25, -0.2) is 0 Å². The number of hydrogen-bond acceptors (Lipinski definition) is 3. The first-order valence-corrected chi connectivity index (χ1v) is 8.38. The monoisotopic (exact) mass is 308 g/mol. The van der Waals surface area contributed by atoms with Crippen LogP contribution in [0.15, 0.2) is 48.5 Å². The van der Waals surface area contributed by atoms with E-state index in [2.05, 4.69) is 12.1 Å². The lowest BCUT2D eigenvalue weighted by molar-refractivity contribution is -0.116. The Morgan fingerprint density at radius 2 is 1.95 bits per heavy atom. The van der Waals surface area contributed by atoms with E-state index in [-0.39, 0.29) is 5.91 Å². The number of fused-ring (bicyclic) bond motifs is 1. The number of nitriles is 1. The fourth-order valence-corrected chi connectivity index (χ4v) is 3.47. The van der Waals surface area contributed by atoms with Gasteiger partial charge in [-0.1, -0.05) is 30.3 Å². The van der Waals surface area contributed by atoms with Crippen LogP contribution in [0.3, 0.4) is 0 Å². The molecule has 0 spiro atoms. The molecule has 3 rings (SSSR count). The van der Waals surface area contributed by atoms with Crippen molar-refractivity contribution in [2.75, 3.05) is 17.2 Å². The minimum absolute atomic E-state index is 0.170. The van der Waals surface area contributed by atoms with E-state index in [1.54, 1.807) is 11.8 Å². The standard InChI is InChI=1S/C18H16N2OS/c19-11-14-5-7-15(8-6-14)12-22-13-18(21)20-10-9-16-3-1-2-4-17(16)20/h1-8H,9-10,12-13H2. The van der Waals surface area contributed by atoms with Gasteiger partial charge < -0.3 is 4.90 Å². The van der Waals surface area contributed by atoms with E-state index in [9.17, 15) is 4.79 Å². The average Bonchev–Trinajstić information content (AvgIpc) is 2.99. The van der Waals surface area contributed by atoms with Crippen LogP contribution in [-0.4, -0.2) is 18.2 Å². The lowest BCUT2D eigenvalue weighted by Crippen LogP contribution is -2.30. The van der Waals surface area contributed by atoms with Gasteiger partial charge in [0.1, 0.15) is 0 Å². The number of benzene rings is 2. The summed E-state index contributed by atoms with van der Waals surface area (Å²) in [5, 5.41) is 8.77. The molecule has 0 aliphatic carbocycles. The Balaban J connectivity index is 1.54. The number of para-hydroxylation sites is 1. The summed E-state index contributed by atoms with van der Waals surface area (Å²) >= 11 is 1.62. The predicted octanol–water partition coefficient (Wildman–Crippen LogP) is 3.38. The Labute approximate surface area is 134 Å². The topological polar surface area (TPSA) is 44.1 Å². The zero-order chi connectivity index (χ0) is 15.4. The number of rotatable bonds is 4. The van der Waals surface area contributed by atoms with Crippen molar-refractivity contribution in [2.45, 2.75) is 12.2 Å². The van der Waals surface area contributed by atoms with Crippen molar-refractivity contribution in [3.8, 4) is 6.07 Å². The quantitative estimate of drug-likeness (QED) is 0.869. The van der Waals surface area contributed by atoms with E-state index in [1.165, 1.54) is 5.56 Å². The first kappa shape index (κ1) is 14.7. The maximum atomic E-state index is 12.4. The second kappa shape index (κ2) is 6.67. The zero-order valence-electron chi connectivity index (χ0n) is 12.2. The fourth-order valence-electron chi connectivity index (χ4n) is 2.61. The summed E-state index contributed by atoms with van der Waals surface area (Å²) in [5.74, 6) is 1.44. The van der Waals surface area contributed by atoms with Gasteiger partial charge in [0.05, 0.1) is 17.4 Å². The highest BCUT2D eigenvalue weighted by Crippen LogP contribution is 2.28. The molecular weight excluding hydrogens is 292 g/mol. The van der Waals surface area contributed by atoms with Crippen LogP contribution < -0.4 is 4.90 Å². The fraction of sp³-hybridized carbons (Fsp3) is 0.222. The second-order valence-corrected chi connectivity index (χ2v) is 6.21. The molecule has 0 unspecified atom stereocenters. The molecule has 0 saturated heterocycles. The Hall–Kier alpha value is -2.25. The van der Waals surface area contributed by atoms with Crippen LogP contribution in [0, 0.1) is 11.3 Å². The van der Waals surface area contributed by atoms with Gasteiger partial charge in [0.25, 0.3) is 0 Å². The average molecular weight is 308 g/mol. The molecular formula is C18H16N2OS. The van der Waals surface area contributed by atoms with E-state index >= 15 is 0 Å². The Kier molecular flexibility index (Phi) is 4.45. The van der Waals surface area contributed by atoms with E-state index in [0.29, 0.717) is 11.3 Å². The number of hydrogen-bond donors (Lipinski definition) is 0. The van der Waals surface area contributed by atoms with Crippen LogP contribution in [0.1, 0.15) is 16.7 Å². The van der Waals surface area contributed by atoms with Gasteiger partial charge >= 0.3 is 0 Å². The molecule has 0 atom stereocenters. The second-order valence-electron chi connectivity index (χ2n) is 5.23. The summed E-state index contributed by atoms with van der Waals surface area (Å²) in [6.07, 6.45) is 0.947. The molecule has 110 valence electrons. The maximum Gasteiger partial charge on any atom is 0.237 e. The van der Waals surface area contributed by atoms with Gasteiger partial charge in [0, 0.05) is 18.0 Å². The van der Waals surface area contributed by atoms with Crippen molar-refractivity contribution in [1.29, 1.82) is 5.26 Å². The predicted molar refractivity (Wildman–Crippen MR) is 89.8 cm³/mol. The molecule has 0 saturated carbocycles. The number of anilines is 1. The van der Waals surface area contributed by atoms with Crippen LogP contribution in [-0.2, 0) is 17.0 Å². The number of thioether (sulfide) groups is 1. The van der Waals surface area contributed by atoms with Gasteiger partial charge in [-0.2, -0.15) is 5.26 Å². The smallest absolute Gasteiger partial charge is 0.237 e. The number of carbonyl (C=O) groups is 1. The molecule has 4 heteroatoms. The van der Waals surface area contributed by atoms with Crippen molar-refractivity contribution in [2.24, 2.45) is 0 Å². The highest BCUT2D eigenvalue weighted by molar-refractivity contribution is 7.99. The minimum Gasteiger partial charge on any atom is -0.311 e. The SMILES string of the molecule is N#Cc1ccc(CSCC(=O)N2CCc3ccccc32)cc1. The molecule has 0 fully saturated rings. The highest BCUT2D eigenvalue weighted by atomic mass is 32.2. The number of nitrogens with zero attached hydrogens (tertiary/aromatic N) is 2. The molecule has 1 amide bonds. The van der Waals surface area contributed by atoms with Crippen molar-refractivity contribution >= 4 is 23.4 Å². The van der Waals surface area contributed by atoms with E-state index in [4.69, 9.17) is 5.26 Å². The zero-order valence-corrected chi connectivity index (χ0v) is 13.0. The summed E-state index contributed by atoms with van der Waals surface area (Å²) in [6.45, 7) is 0.787. The van der Waals surface area contributed by atoms with Crippen molar-refractivity contribution < 1.29 is 4.79 Å². The van der Waals surface area contributed by atoms with Crippen LogP contribution >= 0.6 is 11.8 Å². The third kappa shape index (κ3) is 3.15. The molecule has 0 N–H and O–H groups in total. The van der Waals surface area contributed by atoms with Crippen LogP contribution in [0.4, 0.5) is 5.69 Å². The molecule has 2 aromatic carbocycles. The van der Waals surface area contributed by atoms with Crippen molar-refractivity contribution in [1.82, 2.24) is 0 Å². The first-order chi connectivity index (χ1) is 10.8. The van der Waals surface area contributed by atoms with Gasteiger partial charge in [-0.05, 0) is 35.7 Å². The van der Waals surface area contributed by atoms with E-state index in [1.807, 2.05) is 47.4 Å². The van der Waals surface area contributed by atoms with Gasteiger partial charge in [-0.3, -0.25) is 4.79 Å². The first-order valence-electron chi connectivity index (χ1n) is 7.23. The lowest BCUT2D eigenvalue weighted by atomic mass is 10.2. The summed E-state index contributed by atoms with van der Waals surface area (Å²) in [4.78, 5) is 14.3. The third-order valence-electron chi connectivity index (χ3n) is 3.77. The molecule has 0 bridgehead atoms. The molecule has 0 aromatic heterocycles. The van der Waals surface area contributed by atoms with Crippen molar-refractivity contribution in [3.05, 3.63) is 65.2 Å². The molecule has 22 heavy (non-hydrogen) atoms. The molecule has 3 nitrogen and oxygen atoms in total. The molecule has 0 radical (unpaired) electrons. The summed E-state index contributed by atoms with van der Waals surface area (Å²) in [5.41, 5.74) is 4.12. The van der Waals surface area contributed by atoms with Gasteiger partial charge in [-0.15, -0.1) is 11.8 Å². The minimum atomic E-state index is 0.170. The highest BCUT2D eigenvalue weighted by Gasteiger charge is 2.23. The molecule has 1 heterocycles. The lowest BCUT2D eigenvalue weighted by Gasteiger charge is -2.17. The van der Waals surface area contributed by atoms with E-state index < -0.39 is 0 Å². The molecule has 2 aromatic rings. The van der Waals surface area contributed by atoms with Gasteiger partial charge in [0.2, 0.25) is 5.91 Å². The van der Waals surface area contributed by atoms with E-state index in [0.717, 1.165) is 30.0 Å².